The van der Waals surface area contributed by atoms with Gasteiger partial charge in [-0.1, -0.05) is 30.3 Å². The molecule has 3 aromatic rings. The Hall–Kier alpha value is -3.14. The van der Waals surface area contributed by atoms with Crippen LogP contribution in [-0.4, -0.2) is 33.6 Å². The second kappa shape index (κ2) is 5.33. The fourth-order valence-electron chi connectivity index (χ4n) is 2.21. The van der Waals surface area contributed by atoms with Gasteiger partial charge in [-0.15, -0.1) is 0 Å². The maximum absolute atomic E-state index is 9.33. The Morgan fingerprint density at radius 3 is 2.55 bits per heavy atom. The number of hydrogen-bond acceptors (Lipinski definition) is 6. The first-order valence-corrected chi connectivity index (χ1v) is 6.75. The van der Waals surface area contributed by atoms with Gasteiger partial charge < -0.3 is 10.6 Å². The van der Waals surface area contributed by atoms with Gasteiger partial charge in [0.25, 0.3) is 0 Å². The zero-order valence-corrected chi connectivity index (χ0v) is 12.4. The van der Waals surface area contributed by atoms with Crippen LogP contribution in [0, 0.1) is 11.3 Å². The summed E-state index contributed by atoms with van der Waals surface area (Å²) in [6.45, 7) is 0.504. The minimum absolute atomic E-state index is 0.274. The molecule has 3 rings (SSSR count). The van der Waals surface area contributed by atoms with E-state index < -0.39 is 0 Å². The predicted octanol–water partition coefficient (Wildman–Crippen LogP) is 1.39. The van der Waals surface area contributed by atoms with Crippen LogP contribution in [-0.2, 0) is 6.54 Å². The molecular weight excluding hydrogens is 278 g/mol. The second-order valence-electron chi connectivity index (χ2n) is 5.09. The molecular formula is C15H15N7. The van der Waals surface area contributed by atoms with Gasteiger partial charge in [0.2, 0.25) is 11.8 Å². The van der Waals surface area contributed by atoms with E-state index in [0.717, 1.165) is 5.56 Å². The van der Waals surface area contributed by atoms with Gasteiger partial charge in [0, 0.05) is 14.1 Å². The monoisotopic (exact) mass is 293 g/mol. The van der Waals surface area contributed by atoms with Crippen LogP contribution in [0.3, 0.4) is 0 Å². The van der Waals surface area contributed by atoms with Gasteiger partial charge in [0.1, 0.15) is 6.07 Å². The Balaban J connectivity index is 2.21. The first-order valence-electron chi connectivity index (χ1n) is 6.75. The Morgan fingerprint density at radius 2 is 1.91 bits per heavy atom. The normalized spacial score (nSPS) is 10.6. The summed E-state index contributed by atoms with van der Waals surface area (Å²) in [5.41, 5.74) is 8.04. The molecule has 0 saturated heterocycles. The number of anilines is 2. The molecule has 0 saturated carbocycles. The van der Waals surface area contributed by atoms with Crippen LogP contribution >= 0.6 is 0 Å². The van der Waals surface area contributed by atoms with E-state index in [2.05, 4.69) is 21.0 Å². The minimum Gasteiger partial charge on any atom is -0.382 e. The average Bonchev–Trinajstić information content (AvgIpc) is 2.87. The molecule has 0 bridgehead atoms. The zero-order chi connectivity index (χ0) is 15.7. The Kier molecular flexibility index (Phi) is 3.35. The lowest BCUT2D eigenvalue weighted by molar-refractivity contribution is 0.796. The topological polar surface area (TPSA) is 96.7 Å². The molecule has 110 valence electrons. The SMILES string of the molecule is CN(C)c1nc(N)c2nc(C#N)n(Cc3ccccc3)c2n1. The molecule has 22 heavy (non-hydrogen) atoms. The van der Waals surface area contributed by atoms with Crippen molar-refractivity contribution in [1.82, 2.24) is 19.5 Å². The maximum Gasteiger partial charge on any atom is 0.228 e. The van der Waals surface area contributed by atoms with E-state index in [1.54, 1.807) is 9.47 Å². The molecule has 2 heterocycles. The van der Waals surface area contributed by atoms with Gasteiger partial charge in [-0.05, 0) is 5.56 Å². The summed E-state index contributed by atoms with van der Waals surface area (Å²) in [7, 11) is 3.67. The smallest absolute Gasteiger partial charge is 0.228 e. The number of rotatable bonds is 3. The first-order chi connectivity index (χ1) is 10.6. The summed E-state index contributed by atoms with van der Waals surface area (Å²) in [6, 6.07) is 11.9. The van der Waals surface area contributed by atoms with Crippen LogP contribution in [0.15, 0.2) is 30.3 Å². The molecule has 2 N–H and O–H groups in total. The number of nitrogens with two attached hydrogens (primary N) is 1. The highest BCUT2D eigenvalue weighted by Gasteiger charge is 2.17. The van der Waals surface area contributed by atoms with Gasteiger partial charge in [-0.2, -0.15) is 15.2 Å². The third-order valence-corrected chi connectivity index (χ3v) is 3.29. The van der Waals surface area contributed by atoms with Crippen LogP contribution in [0.25, 0.3) is 11.2 Å². The lowest BCUT2D eigenvalue weighted by Crippen LogP contribution is -2.14. The lowest BCUT2D eigenvalue weighted by atomic mass is 10.2. The average molecular weight is 293 g/mol. The molecule has 0 radical (unpaired) electrons. The van der Waals surface area contributed by atoms with E-state index in [1.807, 2.05) is 44.4 Å². The van der Waals surface area contributed by atoms with Crippen molar-refractivity contribution in [3.05, 3.63) is 41.7 Å². The fourth-order valence-corrected chi connectivity index (χ4v) is 2.21. The summed E-state index contributed by atoms with van der Waals surface area (Å²) in [5, 5.41) is 9.33. The van der Waals surface area contributed by atoms with E-state index >= 15 is 0 Å². The van der Waals surface area contributed by atoms with Crippen LogP contribution in [0.4, 0.5) is 11.8 Å². The number of hydrogen-bond donors (Lipinski definition) is 1. The van der Waals surface area contributed by atoms with Gasteiger partial charge >= 0.3 is 0 Å². The minimum atomic E-state index is 0.274. The standard InChI is InChI=1S/C15H15N7/c1-21(2)15-19-13(17)12-14(20-15)22(11(8-16)18-12)9-10-6-4-3-5-7-10/h3-7H,9H2,1-2H3,(H2,17,19,20). The first kappa shape index (κ1) is 13.8. The number of nitrogens with zero attached hydrogens (tertiary/aromatic N) is 6. The van der Waals surface area contributed by atoms with Gasteiger partial charge in [0.15, 0.2) is 17.0 Å². The Morgan fingerprint density at radius 1 is 1.18 bits per heavy atom. The van der Waals surface area contributed by atoms with Crippen molar-refractivity contribution in [3.8, 4) is 6.07 Å². The molecule has 0 aliphatic rings. The number of aromatic nitrogens is 4. The highest BCUT2D eigenvalue weighted by molar-refractivity contribution is 5.84. The summed E-state index contributed by atoms with van der Waals surface area (Å²) in [6.07, 6.45) is 0. The Labute approximate surface area is 127 Å². The molecule has 0 fully saturated rings. The van der Waals surface area contributed by atoms with Crippen molar-refractivity contribution in [2.45, 2.75) is 6.54 Å². The fraction of sp³-hybridized carbons (Fsp3) is 0.200. The summed E-state index contributed by atoms with van der Waals surface area (Å²) in [4.78, 5) is 14.7. The van der Waals surface area contributed by atoms with E-state index in [1.165, 1.54) is 0 Å². The van der Waals surface area contributed by atoms with Crippen molar-refractivity contribution in [3.63, 3.8) is 0 Å². The third kappa shape index (κ3) is 2.31. The van der Waals surface area contributed by atoms with Crippen LogP contribution in [0.5, 0.6) is 0 Å². The highest BCUT2D eigenvalue weighted by atomic mass is 15.3. The van der Waals surface area contributed by atoms with Gasteiger partial charge in [0.05, 0.1) is 6.54 Å². The van der Waals surface area contributed by atoms with E-state index in [-0.39, 0.29) is 11.6 Å². The van der Waals surface area contributed by atoms with Crippen LogP contribution in [0.1, 0.15) is 11.4 Å². The molecule has 0 unspecified atom stereocenters. The molecule has 0 aliphatic carbocycles. The van der Waals surface area contributed by atoms with E-state index in [4.69, 9.17) is 5.73 Å². The molecule has 1 aromatic carbocycles. The highest BCUT2D eigenvalue weighted by Crippen LogP contribution is 2.22. The van der Waals surface area contributed by atoms with Gasteiger partial charge in [-0.25, -0.2) is 4.98 Å². The van der Waals surface area contributed by atoms with Crippen molar-refractivity contribution >= 4 is 22.9 Å². The quantitative estimate of drug-likeness (QED) is 0.784. The summed E-state index contributed by atoms with van der Waals surface area (Å²) < 4.78 is 1.76. The van der Waals surface area contributed by atoms with Gasteiger partial charge in [-0.3, -0.25) is 4.57 Å². The maximum atomic E-state index is 9.33. The molecule has 0 spiro atoms. The van der Waals surface area contributed by atoms with E-state index in [9.17, 15) is 5.26 Å². The largest absolute Gasteiger partial charge is 0.382 e. The van der Waals surface area contributed by atoms with E-state index in [0.29, 0.717) is 23.7 Å². The zero-order valence-electron chi connectivity index (χ0n) is 12.4. The number of imidazole rings is 1. The predicted molar refractivity (Wildman–Crippen MR) is 84.3 cm³/mol. The molecule has 7 heteroatoms. The molecule has 0 atom stereocenters. The summed E-state index contributed by atoms with van der Waals surface area (Å²) >= 11 is 0. The molecule has 0 aliphatic heterocycles. The number of fused-ring (bicyclic) bond motifs is 1. The molecule has 2 aromatic heterocycles. The molecule has 0 amide bonds. The van der Waals surface area contributed by atoms with Crippen LogP contribution < -0.4 is 10.6 Å². The lowest BCUT2D eigenvalue weighted by Gasteiger charge is -2.11. The molecule has 7 nitrogen and oxygen atoms in total. The van der Waals surface area contributed by atoms with Crippen molar-refractivity contribution < 1.29 is 0 Å². The van der Waals surface area contributed by atoms with Crippen molar-refractivity contribution in [2.75, 3.05) is 24.7 Å². The number of benzene rings is 1. The Bertz CT molecular complexity index is 859. The van der Waals surface area contributed by atoms with Crippen LogP contribution in [0.2, 0.25) is 0 Å². The third-order valence-electron chi connectivity index (χ3n) is 3.29. The summed E-state index contributed by atoms with van der Waals surface area (Å²) in [5.74, 6) is 1.04. The number of nitriles is 1. The number of nitrogen functional groups attached to an aromatic ring is 1. The van der Waals surface area contributed by atoms with Crippen molar-refractivity contribution in [1.29, 1.82) is 5.26 Å². The van der Waals surface area contributed by atoms with Crippen molar-refractivity contribution in [2.24, 2.45) is 0 Å². The second-order valence-corrected chi connectivity index (χ2v) is 5.09.